The van der Waals surface area contributed by atoms with Gasteiger partial charge in [0.05, 0.1) is 6.61 Å². The van der Waals surface area contributed by atoms with E-state index in [0.29, 0.717) is 5.92 Å². The molecule has 138 valence electrons. The molecule has 2 rings (SSSR count). The zero-order valence-electron chi connectivity index (χ0n) is 14.2. The Labute approximate surface area is 174 Å². The van der Waals surface area contributed by atoms with Gasteiger partial charge in [0.1, 0.15) is 5.76 Å². The Morgan fingerprint density at radius 2 is 1.62 bits per heavy atom. The second kappa shape index (κ2) is 26.0. The van der Waals surface area contributed by atoms with E-state index in [1.807, 2.05) is 13.0 Å². The normalized spacial score (nSPS) is 19.9. The molecule has 6 nitrogen and oxygen atoms in total. The van der Waals surface area contributed by atoms with Gasteiger partial charge in [-0.05, 0) is 32.3 Å². The summed E-state index contributed by atoms with van der Waals surface area (Å²) in [5, 5.41) is 0. The van der Waals surface area contributed by atoms with Gasteiger partial charge in [-0.2, -0.15) is 0 Å². The molecular weight excluding hydrogens is 528 g/mol. The molecule has 26 heavy (non-hydrogen) atoms. The molecule has 0 aromatic rings. The molecule has 0 aliphatic heterocycles. The monoisotopic (exact) mass is 546 g/mol. The van der Waals surface area contributed by atoms with E-state index in [-0.39, 0.29) is 26.5 Å². The SMILES string of the molecule is C=CC[C@]12CCC[C@H]1C(OCC)=CC2=S.[C-]#[O+].[C-]#[O+].[C-]#[O+].[C-]#[O+].[C-]#[O+].[W]. The minimum atomic E-state index is 0. The first-order valence-corrected chi connectivity index (χ1v) is 7.17. The van der Waals surface area contributed by atoms with Crippen molar-refractivity contribution in [2.75, 3.05) is 6.61 Å². The van der Waals surface area contributed by atoms with Gasteiger partial charge in [-0.25, -0.2) is 0 Å². The molecule has 2 aliphatic carbocycles. The quantitative estimate of drug-likeness (QED) is 0.233. The van der Waals surface area contributed by atoms with Crippen molar-refractivity contribution in [3.63, 3.8) is 0 Å². The third kappa shape index (κ3) is 10.0. The van der Waals surface area contributed by atoms with Gasteiger partial charge in [-0.15, -0.1) is 6.58 Å². The summed E-state index contributed by atoms with van der Waals surface area (Å²) in [5.41, 5.74) is 0.182. The van der Waals surface area contributed by atoms with Crippen LogP contribution in [0.25, 0.3) is 0 Å². The third-order valence-electron chi connectivity index (χ3n) is 3.71. The molecule has 8 heteroatoms. The Morgan fingerprint density at radius 3 is 2.00 bits per heavy atom. The summed E-state index contributed by atoms with van der Waals surface area (Å²) >= 11 is 5.52. The minimum absolute atomic E-state index is 0. The smallest absolute Gasteiger partial charge is 0 e. The fourth-order valence-corrected chi connectivity index (χ4v) is 3.51. The summed E-state index contributed by atoms with van der Waals surface area (Å²) in [6.45, 7) is 29.1. The van der Waals surface area contributed by atoms with Crippen LogP contribution in [0.3, 0.4) is 0 Å². The largest absolute Gasteiger partial charge is 0 e. The maximum atomic E-state index is 7.50. The molecule has 2 atom stereocenters. The molecule has 1 saturated carbocycles. The zero-order valence-corrected chi connectivity index (χ0v) is 18.0. The van der Waals surface area contributed by atoms with Gasteiger partial charge in [-0.3, -0.25) is 0 Å². The van der Waals surface area contributed by atoms with E-state index in [2.05, 4.69) is 45.9 Å². The van der Waals surface area contributed by atoms with Gasteiger partial charge in [0, 0.05) is 37.3 Å². The van der Waals surface area contributed by atoms with E-state index in [9.17, 15) is 0 Å². The van der Waals surface area contributed by atoms with Crippen LogP contribution in [0.2, 0.25) is 0 Å². The van der Waals surface area contributed by atoms with Crippen LogP contribution in [0.5, 0.6) is 0 Å². The van der Waals surface area contributed by atoms with Gasteiger partial charge >= 0.3 is 56.5 Å². The van der Waals surface area contributed by atoms with Crippen molar-refractivity contribution in [1.82, 2.24) is 0 Å². The summed E-state index contributed by atoms with van der Waals surface area (Å²) < 4.78 is 43.2. The standard InChI is InChI=1S/C13H18OS.5CO.W/c1-3-7-13-8-5-6-10(13)11(14-4-2)9-12(13)15;5*1-2;/h3,9-10H,1,4-8H2,2H3;;;;;;/t10-,13-;;;;;;/m0....../s1. The fourth-order valence-electron chi connectivity index (χ4n) is 3.07. The van der Waals surface area contributed by atoms with E-state index in [1.165, 1.54) is 19.3 Å². The Bertz CT molecular complexity index is 483. The van der Waals surface area contributed by atoms with Crippen LogP contribution in [-0.2, 0) is 49.1 Å². The van der Waals surface area contributed by atoms with Crippen molar-refractivity contribution in [3.05, 3.63) is 57.7 Å². The average Bonchev–Trinajstić information content (AvgIpc) is 3.24. The fraction of sp³-hybridized carbons (Fsp3) is 0.444. The second-order valence-electron chi connectivity index (χ2n) is 4.44. The molecule has 0 spiro atoms. The van der Waals surface area contributed by atoms with Crippen LogP contribution >= 0.6 is 12.2 Å². The van der Waals surface area contributed by atoms with Crippen molar-refractivity contribution in [1.29, 1.82) is 0 Å². The molecule has 0 unspecified atom stereocenters. The van der Waals surface area contributed by atoms with Crippen LogP contribution in [0.15, 0.2) is 24.5 Å². The number of rotatable bonds is 4. The molecular formula is C18H18O6SW. The number of fused-ring (bicyclic) bond motifs is 1. The molecule has 0 heterocycles. The first kappa shape index (κ1) is 35.8. The van der Waals surface area contributed by atoms with Gasteiger partial charge in [0.2, 0.25) is 0 Å². The van der Waals surface area contributed by atoms with Crippen molar-refractivity contribution in [2.24, 2.45) is 11.3 Å². The third-order valence-corrected chi connectivity index (χ3v) is 4.23. The Morgan fingerprint density at radius 1 is 1.15 bits per heavy atom. The first-order chi connectivity index (χ1) is 12.2. The Kier molecular flexibility index (Phi) is 35.8. The number of hydrogen-bond acceptors (Lipinski definition) is 2. The molecule has 0 amide bonds. The molecule has 2 aliphatic rings. The van der Waals surface area contributed by atoms with Crippen LogP contribution in [-0.4, -0.2) is 11.5 Å². The molecule has 0 aromatic heterocycles. The van der Waals surface area contributed by atoms with Gasteiger partial charge in [-0.1, -0.05) is 24.7 Å². The molecule has 0 aromatic carbocycles. The van der Waals surface area contributed by atoms with Crippen LogP contribution in [0.4, 0.5) is 0 Å². The summed E-state index contributed by atoms with van der Waals surface area (Å²) in [6.07, 6.45) is 8.79. The van der Waals surface area contributed by atoms with E-state index >= 15 is 0 Å². The maximum Gasteiger partial charge on any atom is 0 e. The van der Waals surface area contributed by atoms with E-state index in [4.69, 9.17) is 40.2 Å². The molecule has 0 saturated heterocycles. The topological polar surface area (TPSA) is 109 Å². The maximum absolute atomic E-state index is 7.50. The van der Waals surface area contributed by atoms with Crippen LogP contribution < -0.4 is 0 Å². The van der Waals surface area contributed by atoms with E-state index in [1.54, 1.807) is 0 Å². The predicted molar refractivity (Wildman–Crippen MR) is 86.5 cm³/mol. The number of allylic oxidation sites excluding steroid dienone is 3. The summed E-state index contributed by atoms with van der Waals surface area (Å²) in [5.74, 6) is 1.66. The molecule has 0 radical (unpaired) electrons. The van der Waals surface area contributed by atoms with Crippen LogP contribution in [0.1, 0.15) is 32.6 Å². The Balaban J connectivity index is -0.000000116. The van der Waals surface area contributed by atoms with Crippen LogP contribution in [0, 0.1) is 44.6 Å². The first-order valence-electron chi connectivity index (χ1n) is 6.76. The number of thiocarbonyl (C=S) groups is 1. The molecule has 1 fully saturated rings. The number of ether oxygens (including phenoxy) is 1. The van der Waals surface area contributed by atoms with Gasteiger partial charge in [0.15, 0.2) is 0 Å². The van der Waals surface area contributed by atoms with Crippen molar-refractivity contribution < 1.29 is 49.1 Å². The summed E-state index contributed by atoms with van der Waals surface area (Å²) in [6, 6.07) is 0. The van der Waals surface area contributed by atoms with Crippen molar-refractivity contribution in [3.8, 4) is 0 Å². The van der Waals surface area contributed by atoms with Crippen molar-refractivity contribution in [2.45, 2.75) is 32.6 Å². The summed E-state index contributed by atoms with van der Waals surface area (Å²) in [7, 11) is 0. The van der Waals surface area contributed by atoms with Crippen molar-refractivity contribution >= 4 is 17.1 Å². The zero-order chi connectivity index (χ0) is 20.9. The van der Waals surface area contributed by atoms with E-state index in [0.717, 1.165) is 23.7 Å². The van der Waals surface area contributed by atoms with E-state index < -0.39 is 0 Å². The van der Waals surface area contributed by atoms with Gasteiger partial charge < -0.3 is 4.74 Å². The second-order valence-corrected chi connectivity index (χ2v) is 4.88. The number of hydrogen-bond donors (Lipinski definition) is 0. The predicted octanol–water partition coefficient (Wildman–Crippen LogP) is 3.46. The average molecular weight is 546 g/mol. The molecule has 0 bridgehead atoms. The minimum Gasteiger partial charge on any atom is 0 e. The molecule has 0 N–H and O–H groups in total. The van der Waals surface area contributed by atoms with Gasteiger partial charge in [0.25, 0.3) is 0 Å². The summed E-state index contributed by atoms with van der Waals surface area (Å²) in [4.78, 5) is 1.09. The Hall–Kier alpha value is -1.24.